The molecular formula is C23H27IN5O4P. The molecule has 1 atom stereocenters. The van der Waals surface area contributed by atoms with E-state index in [2.05, 4.69) is 27.6 Å². The molecule has 2 aromatic rings. The molecule has 1 aromatic carbocycles. The van der Waals surface area contributed by atoms with Crippen molar-refractivity contribution in [3.63, 3.8) is 0 Å². The van der Waals surface area contributed by atoms with Crippen LogP contribution in [0.3, 0.4) is 0 Å². The molecule has 0 bridgehead atoms. The second-order valence-electron chi connectivity index (χ2n) is 8.19. The van der Waals surface area contributed by atoms with Crippen molar-refractivity contribution in [2.75, 3.05) is 52.6 Å². The van der Waals surface area contributed by atoms with E-state index >= 15 is 0 Å². The van der Waals surface area contributed by atoms with Crippen molar-refractivity contribution in [1.29, 1.82) is 0 Å². The Bertz CT molecular complexity index is 1110. The van der Waals surface area contributed by atoms with Gasteiger partial charge in [-0.25, -0.2) is 18.9 Å². The Hall–Kier alpha value is -1.69. The van der Waals surface area contributed by atoms with E-state index in [4.69, 9.17) is 24.0 Å². The molecule has 180 valence electrons. The van der Waals surface area contributed by atoms with Gasteiger partial charge in [0, 0.05) is 41.5 Å². The zero-order valence-electron chi connectivity index (χ0n) is 19.0. The first-order chi connectivity index (χ1) is 16.5. The van der Waals surface area contributed by atoms with Gasteiger partial charge in [0.1, 0.15) is 6.04 Å². The minimum absolute atomic E-state index is 0.342. The van der Waals surface area contributed by atoms with E-state index in [-0.39, 0.29) is 0 Å². The van der Waals surface area contributed by atoms with E-state index in [0.29, 0.717) is 58.5 Å². The molecule has 2 fully saturated rings. The van der Waals surface area contributed by atoms with Gasteiger partial charge in [-0.2, -0.15) is 0 Å². The molecule has 3 aliphatic rings. The SMILES string of the molecule is C[C@@H]1N=C(c2ccccn2)c2cc(I)ccc2N=C1OP(=O)(N1CCOCC1)N1CCOCC1. The average molecular weight is 595 g/mol. The molecule has 0 aliphatic carbocycles. The van der Waals surface area contributed by atoms with Crippen LogP contribution in [0.1, 0.15) is 18.2 Å². The molecule has 0 saturated carbocycles. The fourth-order valence-electron chi connectivity index (χ4n) is 4.16. The minimum Gasteiger partial charge on any atom is -0.405 e. The first kappa shape index (κ1) is 24.0. The van der Waals surface area contributed by atoms with Crippen LogP contribution < -0.4 is 0 Å². The summed E-state index contributed by atoms with van der Waals surface area (Å²) in [6.45, 7) is 6.13. The number of ether oxygens (including phenoxy) is 2. The lowest BCUT2D eigenvalue weighted by atomic mass is 10.0. The summed E-state index contributed by atoms with van der Waals surface area (Å²) in [6.07, 6.45) is 1.75. The highest BCUT2D eigenvalue weighted by molar-refractivity contribution is 14.1. The number of morpholine rings is 2. The largest absolute Gasteiger partial charge is 0.405 e. The van der Waals surface area contributed by atoms with Crippen LogP contribution in [0, 0.1) is 3.57 Å². The number of hydrogen-bond acceptors (Lipinski definition) is 7. The normalized spacial score (nSPS) is 22.4. The summed E-state index contributed by atoms with van der Waals surface area (Å²) < 4.78 is 36.9. The molecule has 0 radical (unpaired) electrons. The summed E-state index contributed by atoms with van der Waals surface area (Å²) in [5.41, 5.74) is 3.11. The van der Waals surface area contributed by atoms with E-state index in [1.165, 1.54) is 0 Å². The highest BCUT2D eigenvalue weighted by Gasteiger charge is 2.43. The number of fused-ring (bicyclic) bond motifs is 1. The molecule has 34 heavy (non-hydrogen) atoms. The summed E-state index contributed by atoms with van der Waals surface area (Å²) in [5.74, 6) is 0.342. The summed E-state index contributed by atoms with van der Waals surface area (Å²) in [4.78, 5) is 14.4. The standard InChI is InChI=1S/C23H27IN5O4P/c1-17-23(33-34(30,28-8-12-31-13-9-28)29-10-14-32-15-11-29)27-20-6-5-18(24)16-19(20)22(26-17)21-4-2-3-7-25-21/h2-7,16-17H,8-15H2,1H3/t17-/m0/s1. The maximum atomic E-state index is 14.5. The number of halogens is 1. The number of benzene rings is 1. The smallest absolute Gasteiger partial charge is 0.397 e. The van der Waals surface area contributed by atoms with Crippen LogP contribution in [0.15, 0.2) is 52.6 Å². The Kier molecular flexibility index (Phi) is 7.43. The lowest BCUT2D eigenvalue weighted by molar-refractivity contribution is 0.0439. The maximum absolute atomic E-state index is 14.5. The molecule has 1 aromatic heterocycles. The van der Waals surface area contributed by atoms with Gasteiger partial charge >= 0.3 is 7.67 Å². The molecule has 3 aliphatic heterocycles. The van der Waals surface area contributed by atoms with E-state index in [1.54, 1.807) is 6.20 Å². The van der Waals surface area contributed by atoms with Crippen LogP contribution in [0.2, 0.25) is 0 Å². The van der Waals surface area contributed by atoms with Gasteiger partial charge in [0.25, 0.3) is 0 Å². The van der Waals surface area contributed by atoms with Crippen LogP contribution >= 0.6 is 30.3 Å². The Labute approximate surface area is 212 Å². The molecule has 0 unspecified atom stereocenters. The van der Waals surface area contributed by atoms with Crippen LogP contribution in [0.5, 0.6) is 0 Å². The van der Waals surface area contributed by atoms with E-state index in [9.17, 15) is 4.57 Å². The zero-order chi connectivity index (χ0) is 23.5. The van der Waals surface area contributed by atoms with Crippen molar-refractivity contribution >= 4 is 47.6 Å². The van der Waals surface area contributed by atoms with Gasteiger partial charge in [-0.05, 0) is 59.8 Å². The van der Waals surface area contributed by atoms with E-state index in [1.807, 2.05) is 52.7 Å². The van der Waals surface area contributed by atoms with Crippen molar-refractivity contribution in [2.45, 2.75) is 13.0 Å². The predicted octanol–water partition coefficient (Wildman–Crippen LogP) is 3.74. The van der Waals surface area contributed by atoms with Gasteiger partial charge < -0.3 is 14.0 Å². The molecule has 2 saturated heterocycles. The van der Waals surface area contributed by atoms with Gasteiger partial charge in [0.05, 0.1) is 43.5 Å². The maximum Gasteiger partial charge on any atom is 0.397 e. The van der Waals surface area contributed by atoms with Crippen LogP contribution in [0.25, 0.3) is 0 Å². The number of aromatic nitrogens is 1. The second kappa shape index (κ2) is 10.5. The zero-order valence-corrected chi connectivity index (χ0v) is 22.0. The number of pyridine rings is 1. The van der Waals surface area contributed by atoms with Crippen LogP contribution in [0.4, 0.5) is 5.69 Å². The topological polar surface area (TPSA) is 88.9 Å². The average Bonchev–Trinajstić information content (AvgIpc) is 3.01. The third kappa shape index (κ3) is 4.98. The number of aliphatic imine (C=N–C) groups is 2. The first-order valence-corrected chi connectivity index (χ1v) is 14.0. The highest BCUT2D eigenvalue weighted by Crippen LogP contribution is 2.55. The number of rotatable bonds is 4. The molecule has 11 heteroatoms. The van der Waals surface area contributed by atoms with Crippen molar-refractivity contribution in [3.8, 4) is 0 Å². The second-order valence-corrected chi connectivity index (χ2v) is 11.7. The predicted molar refractivity (Wildman–Crippen MR) is 139 cm³/mol. The third-order valence-corrected chi connectivity index (χ3v) is 9.26. The van der Waals surface area contributed by atoms with Crippen molar-refractivity contribution in [2.24, 2.45) is 9.98 Å². The molecule has 5 rings (SSSR count). The van der Waals surface area contributed by atoms with Gasteiger partial charge in [-0.3, -0.25) is 9.98 Å². The van der Waals surface area contributed by atoms with Crippen LogP contribution in [-0.2, 0) is 18.6 Å². The lowest BCUT2D eigenvalue weighted by Gasteiger charge is -2.41. The molecule has 9 nitrogen and oxygen atoms in total. The van der Waals surface area contributed by atoms with Gasteiger partial charge in [0.2, 0.25) is 5.90 Å². The minimum atomic E-state index is -3.42. The van der Waals surface area contributed by atoms with E-state index < -0.39 is 13.7 Å². The monoisotopic (exact) mass is 595 g/mol. The molecular weight excluding hydrogens is 568 g/mol. The quantitative estimate of drug-likeness (QED) is 0.393. The van der Waals surface area contributed by atoms with Crippen LogP contribution in [-0.4, -0.2) is 84.6 Å². The third-order valence-electron chi connectivity index (χ3n) is 5.93. The fraction of sp³-hybridized carbons (Fsp3) is 0.435. The molecule has 0 spiro atoms. The molecule has 0 amide bonds. The first-order valence-electron chi connectivity index (χ1n) is 11.4. The fourth-order valence-corrected chi connectivity index (χ4v) is 7.01. The summed E-state index contributed by atoms with van der Waals surface area (Å²) >= 11 is 2.28. The van der Waals surface area contributed by atoms with Crippen molar-refractivity contribution in [1.82, 2.24) is 14.3 Å². The van der Waals surface area contributed by atoms with Gasteiger partial charge in [-0.15, -0.1) is 0 Å². The van der Waals surface area contributed by atoms with Crippen molar-refractivity contribution < 1.29 is 18.6 Å². The Balaban J connectivity index is 1.56. The summed E-state index contributed by atoms with van der Waals surface area (Å²) in [7, 11) is -3.42. The Morgan fingerprint density at radius 1 is 1.03 bits per heavy atom. The van der Waals surface area contributed by atoms with E-state index in [0.717, 1.165) is 26.2 Å². The van der Waals surface area contributed by atoms with Gasteiger partial charge in [-0.1, -0.05) is 6.07 Å². The number of hydrogen-bond donors (Lipinski definition) is 0. The highest BCUT2D eigenvalue weighted by atomic mass is 127. The van der Waals surface area contributed by atoms with Crippen molar-refractivity contribution in [3.05, 3.63) is 57.4 Å². The van der Waals surface area contributed by atoms with Gasteiger partial charge in [0.15, 0.2) is 0 Å². The Morgan fingerprint density at radius 3 is 2.32 bits per heavy atom. The summed E-state index contributed by atoms with van der Waals surface area (Å²) in [5, 5.41) is 0. The molecule has 0 N–H and O–H groups in total. The Morgan fingerprint density at radius 2 is 1.71 bits per heavy atom. The summed E-state index contributed by atoms with van der Waals surface area (Å²) in [6, 6.07) is 11.3. The number of nitrogens with zero attached hydrogens (tertiary/aromatic N) is 5. The lowest BCUT2D eigenvalue weighted by Crippen LogP contribution is -2.44. The molecule has 4 heterocycles.